The maximum absolute atomic E-state index is 7.81. The number of thiol groups is 2. The first kappa shape index (κ1) is 19.4. The van der Waals surface area contributed by atoms with E-state index in [9.17, 15) is 0 Å². The van der Waals surface area contributed by atoms with Gasteiger partial charge in [-0.25, -0.2) is 0 Å². The Hall–Kier alpha value is -0.210. The van der Waals surface area contributed by atoms with Crippen molar-refractivity contribution in [2.24, 2.45) is 11.5 Å². The van der Waals surface area contributed by atoms with Crippen LogP contribution in [0.5, 0.6) is 0 Å². The molecule has 7 heteroatoms. The van der Waals surface area contributed by atoms with Crippen LogP contribution in [0.4, 0.5) is 0 Å². The van der Waals surface area contributed by atoms with Crippen LogP contribution in [0.3, 0.4) is 0 Å². The van der Waals surface area contributed by atoms with E-state index in [4.69, 9.17) is 21.7 Å². The van der Waals surface area contributed by atoms with Crippen LogP contribution in [-0.2, 0) is 0 Å². The normalized spacial score (nSPS) is 8.86. The van der Waals surface area contributed by atoms with Crippen LogP contribution >= 0.6 is 37.5 Å². The smallest absolute Gasteiger partial charge is 0.0976 e. The summed E-state index contributed by atoms with van der Waals surface area (Å²) in [5.74, 6) is 0. The van der Waals surface area contributed by atoms with Crippen LogP contribution < -0.4 is 11.5 Å². The molecule has 0 saturated heterocycles. The molecule has 0 aromatic carbocycles. The Labute approximate surface area is 100 Å². The first-order valence-corrected chi connectivity index (χ1v) is 4.77. The minimum absolute atomic E-state index is 0.389. The molecule has 0 atom stereocenters. The van der Waals surface area contributed by atoms with Crippen LogP contribution in [0.2, 0.25) is 0 Å². The second-order valence-corrected chi connectivity index (χ2v) is 3.78. The minimum atomic E-state index is 0.389. The van der Waals surface area contributed by atoms with E-state index in [1.165, 1.54) is 12.2 Å². The summed E-state index contributed by atoms with van der Waals surface area (Å²) in [6, 6.07) is 0. The lowest BCUT2D eigenvalue weighted by Crippen LogP contribution is -1.91. The third-order valence-corrected chi connectivity index (χ3v) is 0.483. The molecule has 0 radical (unpaired) electrons. The number of hydrogen-bond acceptors (Lipinski definition) is 5. The molecule has 0 aliphatic rings. The molecule has 84 valence electrons. The summed E-state index contributed by atoms with van der Waals surface area (Å²) in [5, 5.41) is 15.6. The summed E-state index contributed by atoms with van der Waals surface area (Å²) in [6.45, 7) is 0.826. The third kappa shape index (κ3) is 95.6. The average molecular weight is 256 g/mol. The van der Waals surface area contributed by atoms with E-state index in [2.05, 4.69) is 37.5 Å². The van der Waals surface area contributed by atoms with Gasteiger partial charge in [-0.15, -0.1) is 25.3 Å². The summed E-state index contributed by atoms with van der Waals surface area (Å²) in [5.41, 5.74) is 9.78. The Kier molecular flexibility index (Phi) is 31.8. The number of hydrogen-bond donors (Lipinski definition) is 6. The predicted molar refractivity (Wildman–Crippen MR) is 72.2 cm³/mol. The van der Waals surface area contributed by atoms with Gasteiger partial charge in [-0.1, -0.05) is 12.2 Å². The van der Waals surface area contributed by atoms with Crippen molar-refractivity contribution in [2.45, 2.75) is 0 Å². The van der Waals surface area contributed by atoms with Crippen molar-refractivity contribution in [1.29, 1.82) is 0 Å². The van der Waals surface area contributed by atoms with Crippen LogP contribution in [0, 0.1) is 0 Å². The van der Waals surface area contributed by atoms with Gasteiger partial charge in [0.25, 0.3) is 0 Å². The fourth-order valence-electron chi connectivity index (χ4n) is 0.122. The van der Waals surface area contributed by atoms with Gasteiger partial charge in [0.15, 0.2) is 0 Å². The summed E-state index contributed by atoms with van der Waals surface area (Å²) < 4.78 is 0.389. The molecule has 4 nitrogen and oxygen atoms in total. The highest BCUT2D eigenvalue weighted by atomic mass is 32.2. The second-order valence-electron chi connectivity index (χ2n) is 1.52. The van der Waals surface area contributed by atoms with Crippen molar-refractivity contribution in [2.75, 3.05) is 13.1 Å². The lowest BCUT2D eigenvalue weighted by molar-refractivity contribution is 0.471. The Morgan fingerprint density at radius 1 is 1.07 bits per heavy atom. The fraction of sp³-hybridized carbons (Fsp3) is 0.286. The summed E-state index contributed by atoms with van der Waals surface area (Å²) in [6.07, 6.45) is 4.78. The molecule has 0 saturated carbocycles. The Morgan fingerprint density at radius 2 is 1.29 bits per heavy atom. The number of aliphatic hydroxyl groups excluding tert-OH is 2. The van der Waals surface area contributed by atoms with Gasteiger partial charge in [-0.05, 0) is 12.2 Å². The van der Waals surface area contributed by atoms with E-state index in [1.807, 2.05) is 0 Å². The van der Waals surface area contributed by atoms with Gasteiger partial charge >= 0.3 is 0 Å². The van der Waals surface area contributed by atoms with Gasteiger partial charge < -0.3 is 21.7 Å². The van der Waals surface area contributed by atoms with Crippen molar-refractivity contribution in [3.8, 4) is 0 Å². The molecule has 0 fully saturated rings. The maximum atomic E-state index is 7.81. The summed E-state index contributed by atoms with van der Waals surface area (Å²) in [4.78, 5) is 0. The number of nitrogens with two attached hydrogens (primary N) is 2. The van der Waals surface area contributed by atoms with E-state index in [0.29, 0.717) is 16.6 Å². The molecule has 0 aliphatic heterocycles. The van der Waals surface area contributed by atoms with Crippen LogP contribution in [0.25, 0.3) is 0 Å². The molecule has 0 unspecified atom stereocenters. The van der Waals surface area contributed by atoms with E-state index < -0.39 is 0 Å². The van der Waals surface area contributed by atoms with E-state index in [1.54, 1.807) is 0 Å². The van der Waals surface area contributed by atoms with Crippen LogP contribution in [0.1, 0.15) is 0 Å². The highest BCUT2D eigenvalue weighted by Gasteiger charge is 1.58. The number of thiocarbonyl (C=S) groups is 1. The Balaban J connectivity index is -0.000000131. The molecule has 0 heterocycles. The molecule has 0 bridgehead atoms. The zero-order valence-electron chi connectivity index (χ0n) is 7.58. The lowest BCUT2D eigenvalue weighted by Gasteiger charge is -1.67. The van der Waals surface area contributed by atoms with E-state index in [-0.39, 0.29) is 0 Å². The molecular formula is C7H16N2O2S3. The molecule has 0 spiro atoms. The highest BCUT2D eigenvalue weighted by molar-refractivity contribution is 8.34. The second kappa shape index (κ2) is 23.0. The molecule has 0 aromatic heterocycles. The first-order chi connectivity index (χ1) is 6.56. The third-order valence-electron chi connectivity index (χ3n) is 0.483. The standard InChI is InChI=1S/2C3H7NO.CH2S3/c2*4-2-1-3-5;2-1(3)4/h2*1,3,5H,2,4H2;(H2,2,3,4). The van der Waals surface area contributed by atoms with Crippen molar-refractivity contribution in [3.05, 3.63) is 24.7 Å². The van der Waals surface area contributed by atoms with Crippen LogP contribution in [-0.4, -0.2) is 26.8 Å². The van der Waals surface area contributed by atoms with Crippen molar-refractivity contribution in [3.63, 3.8) is 0 Å². The summed E-state index contributed by atoms with van der Waals surface area (Å²) in [7, 11) is 0. The number of aliphatic hydroxyl groups is 2. The van der Waals surface area contributed by atoms with Crippen molar-refractivity contribution >= 4 is 41.0 Å². The van der Waals surface area contributed by atoms with Crippen LogP contribution in [0.15, 0.2) is 24.7 Å². The average Bonchev–Trinajstić information content (AvgIpc) is 2.07. The molecule has 0 amide bonds. The predicted octanol–water partition coefficient (Wildman–Crippen LogP) is 1.16. The van der Waals surface area contributed by atoms with Gasteiger partial charge in [0.1, 0.15) is 0 Å². The van der Waals surface area contributed by atoms with E-state index >= 15 is 0 Å². The molecule has 0 aromatic rings. The first-order valence-electron chi connectivity index (χ1n) is 3.47. The van der Waals surface area contributed by atoms with Gasteiger partial charge in [-0.2, -0.15) is 0 Å². The topological polar surface area (TPSA) is 92.5 Å². The summed E-state index contributed by atoms with van der Waals surface area (Å²) >= 11 is 11.4. The van der Waals surface area contributed by atoms with Gasteiger partial charge in [0, 0.05) is 13.1 Å². The zero-order chi connectivity index (χ0) is 11.8. The largest absolute Gasteiger partial charge is 0.516 e. The minimum Gasteiger partial charge on any atom is -0.516 e. The van der Waals surface area contributed by atoms with Crippen molar-refractivity contribution in [1.82, 2.24) is 0 Å². The number of rotatable bonds is 2. The van der Waals surface area contributed by atoms with E-state index in [0.717, 1.165) is 12.5 Å². The van der Waals surface area contributed by atoms with Gasteiger partial charge in [0.05, 0.1) is 16.1 Å². The highest BCUT2D eigenvalue weighted by Crippen LogP contribution is 1.83. The lowest BCUT2D eigenvalue weighted by atomic mass is 10.6. The quantitative estimate of drug-likeness (QED) is 0.253. The van der Waals surface area contributed by atoms with Gasteiger partial charge in [0.2, 0.25) is 0 Å². The zero-order valence-corrected chi connectivity index (χ0v) is 10.2. The Bertz CT molecular complexity index is 147. The molecule has 0 aliphatic carbocycles. The molecule has 14 heavy (non-hydrogen) atoms. The Morgan fingerprint density at radius 3 is 1.29 bits per heavy atom. The van der Waals surface area contributed by atoms with Gasteiger partial charge in [-0.3, -0.25) is 0 Å². The SMILES string of the molecule is NCC=CO.NCC=CO.S=C(S)S. The van der Waals surface area contributed by atoms with Crippen molar-refractivity contribution < 1.29 is 10.2 Å². The molecule has 0 rings (SSSR count). The fourth-order valence-corrected chi connectivity index (χ4v) is 0.122. The monoisotopic (exact) mass is 256 g/mol. The maximum Gasteiger partial charge on any atom is 0.0976 e. The molecular weight excluding hydrogens is 240 g/mol. The molecule has 6 N–H and O–H groups in total.